The molecule has 1 N–H and O–H groups in total. The summed E-state index contributed by atoms with van der Waals surface area (Å²) in [5.41, 5.74) is 3.69. The number of para-hydroxylation sites is 1. The average Bonchev–Trinajstić information content (AvgIpc) is 3.26. The highest BCUT2D eigenvalue weighted by molar-refractivity contribution is 7.03. The van der Waals surface area contributed by atoms with E-state index in [-0.39, 0.29) is 24.1 Å². The van der Waals surface area contributed by atoms with Crippen molar-refractivity contribution in [3.05, 3.63) is 70.2 Å². The number of rotatable bonds is 7. The van der Waals surface area contributed by atoms with Crippen LogP contribution in [0.5, 0.6) is 5.75 Å². The van der Waals surface area contributed by atoms with Crippen LogP contribution in [0.3, 0.4) is 0 Å². The van der Waals surface area contributed by atoms with Crippen LogP contribution in [0.2, 0.25) is 0 Å². The third-order valence-corrected chi connectivity index (χ3v) is 4.99. The van der Waals surface area contributed by atoms with Gasteiger partial charge in [-0.2, -0.15) is 0 Å². The molecule has 1 heterocycles. The van der Waals surface area contributed by atoms with Crippen LogP contribution in [-0.4, -0.2) is 35.1 Å². The number of methoxy groups -OCH3 is 1. The van der Waals surface area contributed by atoms with E-state index in [0.717, 1.165) is 34.0 Å². The number of anilines is 1. The van der Waals surface area contributed by atoms with Crippen molar-refractivity contribution < 1.29 is 14.3 Å². The lowest BCUT2D eigenvalue weighted by Crippen LogP contribution is -2.41. The van der Waals surface area contributed by atoms with Crippen LogP contribution in [0.1, 0.15) is 27.2 Å². The summed E-state index contributed by atoms with van der Waals surface area (Å²) < 4.78 is 8.91. The van der Waals surface area contributed by atoms with Crippen molar-refractivity contribution in [2.24, 2.45) is 0 Å². The first-order valence-corrected chi connectivity index (χ1v) is 9.88. The molecule has 3 aromatic rings. The van der Waals surface area contributed by atoms with Gasteiger partial charge in [0.2, 0.25) is 5.91 Å². The Labute approximate surface area is 173 Å². The second-order valence-electron chi connectivity index (χ2n) is 6.55. The van der Waals surface area contributed by atoms with Gasteiger partial charge in [-0.15, -0.1) is 5.10 Å². The number of nitrogens with zero attached hydrogens (tertiary/aromatic N) is 3. The summed E-state index contributed by atoms with van der Waals surface area (Å²) in [5.74, 6) is 0.138. The van der Waals surface area contributed by atoms with Crippen molar-refractivity contribution in [1.82, 2.24) is 14.9 Å². The molecule has 0 radical (unpaired) electrons. The number of ether oxygens (including phenoxy) is 1. The van der Waals surface area contributed by atoms with Gasteiger partial charge in [-0.25, -0.2) is 0 Å². The quantitative estimate of drug-likeness (QED) is 0.647. The molecule has 1 aromatic heterocycles. The standard InChI is InChI=1S/C21H22N4O3S/c1-14-5-4-6-15(2)20(14)25(21(27)18-13-29-24-23-18)12-19(26)22-11-16-7-9-17(28-3)10-8-16/h4-10,13H,11-12H2,1-3H3,(H,22,26). The molecule has 8 heteroatoms. The molecule has 0 aliphatic carbocycles. The second-order valence-corrected chi connectivity index (χ2v) is 7.16. The molecule has 150 valence electrons. The van der Waals surface area contributed by atoms with Crippen molar-refractivity contribution in [3.8, 4) is 5.75 Å². The zero-order valence-electron chi connectivity index (χ0n) is 16.5. The highest BCUT2D eigenvalue weighted by Crippen LogP contribution is 2.26. The summed E-state index contributed by atoms with van der Waals surface area (Å²) in [6, 6.07) is 13.2. The molecule has 29 heavy (non-hydrogen) atoms. The lowest BCUT2D eigenvalue weighted by molar-refractivity contribution is -0.119. The Morgan fingerprint density at radius 3 is 2.38 bits per heavy atom. The fraction of sp³-hybridized carbons (Fsp3) is 0.238. The maximum absolute atomic E-state index is 13.0. The number of amides is 2. The van der Waals surface area contributed by atoms with Crippen molar-refractivity contribution in [1.29, 1.82) is 0 Å². The van der Waals surface area contributed by atoms with Gasteiger partial charge in [-0.3, -0.25) is 14.5 Å². The molecule has 3 rings (SSSR count). The van der Waals surface area contributed by atoms with E-state index >= 15 is 0 Å². The predicted molar refractivity (Wildman–Crippen MR) is 112 cm³/mol. The van der Waals surface area contributed by atoms with Crippen molar-refractivity contribution in [3.63, 3.8) is 0 Å². The first kappa shape index (κ1) is 20.5. The third-order valence-electron chi connectivity index (χ3n) is 4.48. The fourth-order valence-corrected chi connectivity index (χ4v) is 3.45. The van der Waals surface area contributed by atoms with Crippen molar-refractivity contribution in [2.45, 2.75) is 20.4 Å². The molecule has 2 amide bonds. The van der Waals surface area contributed by atoms with Gasteiger partial charge in [0.1, 0.15) is 12.3 Å². The van der Waals surface area contributed by atoms with Crippen LogP contribution in [0.25, 0.3) is 0 Å². The smallest absolute Gasteiger partial charge is 0.280 e. The number of carbonyl (C=O) groups excluding carboxylic acids is 2. The predicted octanol–water partition coefficient (Wildman–Crippen LogP) is 3.13. The number of hydrogen-bond acceptors (Lipinski definition) is 6. The maximum Gasteiger partial charge on any atom is 0.280 e. The topological polar surface area (TPSA) is 84.4 Å². The minimum atomic E-state index is -0.351. The van der Waals surface area contributed by atoms with Crippen LogP contribution >= 0.6 is 11.5 Å². The molecule has 0 saturated heterocycles. The summed E-state index contributed by atoms with van der Waals surface area (Å²) in [5, 5.41) is 8.32. The summed E-state index contributed by atoms with van der Waals surface area (Å²) in [4.78, 5) is 27.1. The maximum atomic E-state index is 13.0. The van der Waals surface area contributed by atoms with Crippen molar-refractivity contribution >= 4 is 29.0 Å². The lowest BCUT2D eigenvalue weighted by atomic mass is 10.1. The van der Waals surface area contributed by atoms with E-state index in [1.807, 2.05) is 56.3 Å². The van der Waals surface area contributed by atoms with E-state index in [2.05, 4.69) is 14.9 Å². The number of hydrogen-bond donors (Lipinski definition) is 1. The molecular formula is C21H22N4O3S. The molecule has 0 fully saturated rings. The van der Waals surface area contributed by atoms with Gasteiger partial charge in [0.15, 0.2) is 5.69 Å². The molecule has 0 atom stereocenters. The van der Waals surface area contributed by atoms with Crippen LogP contribution < -0.4 is 15.0 Å². The first-order chi connectivity index (χ1) is 14.0. The van der Waals surface area contributed by atoms with E-state index in [4.69, 9.17) is 4.74 Å². The lowest BCUT2D eigenvalue weighted by Gasteiger charge is -2.25. The summed E-state index contributed by atoms with van der Waals surface area (Å²) in [7, 11) is 1.60. The van der Waals surface area contributed by atoms with Crippen LogP contribution in [0.15, 0.2) is 47.8 Å². The van der Waals surface area contributed by atoms with Gasteiger partial charge in [0, 0.05) is 11.9 Å². The third kappa shape index (κ3) is 4.97. The number of carbonyl (C=O) groups is 2. The monoisotopic (exact) mass is 410 g/mol. The molecule has 7 nitrogen and oxygen atoms in total. The zero-order chi connectivity index (χ0) is 20.8. The first-order valence-electron chi connectivity index (χ1n) is 9.04. The molecule has 0 unspecified atom stereocenters. The van der Waals surface area contributed by atoms with Crippen molar-refractivity contribution in [2.75, 3.05) is 18.6 Å². The number of aryl methyl sites for hydroxylation is 2. The van der Waals surface area contributed by atoms with E-state index in [1.165, 1.54) is 4.90 Å². The molecule has 0 bridgehead atoms. The normalized spacial score (nSPS) is 10.4. The minimum absolute atomic E-state index is 0.113. The molecule has 0 saturated carbocycles. The number of benzene rings is 2. The number of nitrogens with one attached hydrogen (secondary N) is 1. The van der Waals surface area contributed by atoms with Crippen LogP contribution in [-0.2, 0) is 11.3 Å². The van der Waals surface area contributed by atoms with Gasteiger partial charge in [0.25, 0.3) is 5.91 Å². The Balaban J connectivity index is 1.77. The molecule has 2 aromatic carbocycles. The van der Waals surface area contributed by atoms with Crippen LogP contribution in [0.4, 0.5) is 5.69 Å². The van der Waals surface area contributed by atoms with Crippen LogP contribution in [0, 0.1) is 13.8 Å². The van der Waals surface area contributed by atoms with E-state index in [9.17, 15) is 9.59 Å². The average molecular weight is 410 g/mol. The fourth-order valence-electron chi connectivity index (χ4n) is 3.02. The van der Waals surface area contributed by atoms with Gasteiger partial charge in [-0.05, 0) is 54.2 Å². The number of aromatic nitrogens is 2. The summed E-state index contributed by atoms with van der Waals surface area (Å²) in [6.45, 7) is 4.07. The van der Waals surface area contributed by atoms with E-state index in [0.29, 0.717) is 12.2 Å². The summed E-state index contributed by atoms with van der Waals surface area (Å²) >= 11 is 1.10. The largest absolute Gasteiger partial charge is 0.497 e. The minimum Gasteiger partial charge on any atom is -0.497 e. The molecular weight excluding hydrogens is 388 g/mol. The Bertz CT molecular complexity index is 967. The summed E-state index contributed by atoms with van der Waals surface area (Å²) in [6.07, 6.45) is 0. The molecule has 0 aliphatic heterocycles. The molecule has 0 aliphatic rings. The van der Waals surface area contributed by atoms with Gasteiger partial charge < -0.3 is 10.1 Å². The Hall–Kier alpha value is -3.26. The second kappa shape index (κ2) is 9.29. The SMILES string of the molecule is COc1ccc(CNC(=O)CN(C(=O)c2csnn2)c2c(C)cccc2C)cc1. The Morgan fingerprint density at radius 1 is 1.10 bits per heavy atom. The Morgan fingerprint density at radius 2 is 1.79 bits per heavy atom. The molecule has 0 spiro atoms. The van der Waals surface area contributed by atoms with Gasteiger partial charge >= 0.3 is 0 Å². The highest BCUT2D eigenvalue weighted by atomic mass is 32.1. The van der Waals surface area contributed by atoms with Gasteiger partial charge in [-0.1, -0.05) is 34.8 Å². The Kier molecular flexibility index (Phi) is 6.56. The zero-order valence-corrected chi connectivity index (χ0v) is 17.3. The van der Waals surface area contributed by atoms with E-state index in [1.54, 1.807) is 12.5 Å². The van der Waals surface area contributed by atoms with E-state index < -0.39 is 0 Å². The highest BCUT2D eigenvalue weighted by Gasteiger charge is 2.25. The van der Waals surface area contributed by atoms with Gasteiger partial charge in [0.05, 0.1) is 12.8 Å².